The minimum atomic E-state index is -0.0548. The van der Waals surface area contributed by atoms with Crippen molar-refractivity contribution < 1.29 is 14.3 Å². The molecule has 2 amide bonds. The molecule has 42 heavy (non-hydrogen) atoms. The molecule has 2 saturated carbocycles. The molecule has 0 bridgehead atoms. The lowest BCUT2D eigenvalue weighted by Crippen LogP contribution is -2.58. The molecule has 2 aliphatic carbocycles. The van der Waals surface area contributed by atoms with Crippen molar-refractivity contribution in [2.24, 2.45) is 0 Å². The molecule has 1 saturated heterocycles. The Morgan fingerprint density at radius 2 is 1.83 bits per heavy atom. The fourth-order valence-corrected chi connectivity index (χ4v) is 7.60. The smallest absolute Gasteiger partial charge is 0.251 e. The monoisotopic (exact) mass is 577 g/mol. The van der Waals surface area contributed by atoms with Crippen molar-refractivity contribution >= 4 is 17.4 Å². The number of hydrogen-bond donors (Lipinski definition) is 2. The van der Waals surface area contributed by atoms with Crippen LogP contribution < -0.4 is 10.6 Å². The topological polar surface area (TPSA) is 88.5 Å². The summed E-state index contributed by atoms with van der Waals surface area (Å²) in [6.45, 7) is 12.0. The highest BCUT2D eigenvalue weighted by atomic mass is 16.5. The van der Waals surface area contributed by atoms with Gasteiger partial charge in [-0.2, -0.15) is 5.10 Å². The second-order valence-corrected chi connectivity index (χ2v) is 13.0. The van der Waals surface area contributed by atoms with Crippen LogP contribution in [0.1, 0.15) is 108 Å². The van der Waals surface area contributed by atoms with Crippen LogP contribution in [0, 0.1) is 0 Å². The molecule has 1 atom stereocenters. The Kier molecular flexibility index (Phi) is 10.4. The van der Waals surface area contributed by atoms with E-state index in [9.17, 15) is 9.59 Å². The predicted molar refractivity (Wildman–Crippen MR) is 167 cm³/mol. The summed E-state index contributed by atoms with van der Waals surface area (Å²) >= 11 is 0. The molecule has 2 aliphatic heterocycles. The van der Waals surface area contributed by atoms with Crippen LogP contribution >= 0.6 is 0 Å². The SMILES string of the molecule is C=C/C(C)=C(\C=C1/CC(C)NC(=O)Cc2cnn(C3CCCCC3)c21)C(=O)NCC1(N2CCOCC2)CCCCCC1. The number of carbonyl (C=O) groups excluding carboxylic acids is 2. The Morgan fingerprint density at radius 1 is 1.14 bits per heavy atom. The molecule has 8 nitrogen and oxygen atoms in total. The fraction of sp³-hybridized carbons (Fsp3) is 0.676. The van der Waals surface area contributed by atoms with Gasteiger partial charge in [-0.25, -0.2) is 0 Å². The van der Waals surface area contributed by atoms with Crippen LogP contribution in [-0.4, -0.2) is 70.9 Å². The lowest BCUT2D eigenvalue weighted by Gasteiger charge is -2.45. The van der Waals surface area contributed by atoms with E-state index < -0.39 is 0 Å². The molecule has 4 aliphatic rings. The minimum Gasteiger partial charge on any atom is -0.379 e. The third-order valence-corrected chi connectivity index (χ3v) is 9.97. The first-order chi connectivity index (χ1) is 20.4. The van der Waals surface area contributed by atoms with Crippen molar-refractivity contribution in [3.63, 3.8) is 0 Å². The number of nitrogens with zero attached hydrogens (tertiary/aromatic N) is 3. The number of ether oxygens (including phenoxy) is 1. The summed E-state index contributed by atoms with van der Waals surface area (Å²) in [6.07, 6.45) is 19.6. The van der Waals surface area contributed by atoms with Crippen molar-refractivity contribution in [2.75, 3.05) is 32.8 Å². The highest BCUT2D eigenvalue weighted by Crippen LogP contribution is 2.36. The summed E-state index contributed by atoms with van der Waals surface area (Å²) in [4.78, 5) is 29.4. The van der Waals surface area contributed by atoms with E-state index in [4.69, 9.17) is 9.84 Å². The molecular formula is C34H51N5O3. The number of carbonyl (C=O) groups is 2. The van der Waals surface area contributed by atoms with Crippen LogP contribution in [0.3, 0.4) is 0 Å². The zero-order chi connectivity index (χ0) is 29.5. The van der Waals surface area contributed by atoms with Crippen LogP contribution in [0.25, 0.3) is 5.57 Å². The summed E-state index contributed by atoms with van der Waals surface area (Å²) in [5, 5.41) is 11.4. The van der Waals surface area contributed by atoms with Gasteiger partial charge < -0.3 is 15.4 Å². The molecule has 8 heteroatoms. The molecule has 0 spiro atoms. The lowest BCUT2D eigenvalue weighted by atomic mass is 9.87. The Labute approximate surface area is 252 Å². The van der Waals surface area contributed by atoms with E-state index in [1.165, 1.54) is 44.9 Å². The van der Waals surface area contributed by atoms with Crippen molar-refractivity contribution in [3.8, 4) is 0 Å². The van der Waals surface area contributed by atoms with Crippen molar-refractivity contribution in [3.05, 3.63) is 47.3 Å². The van der Waals surface area contributed by atoms with Crippen molar-refractivity contribution in [1.29, 1.82) is 0 Å². The van der Waals surface area contributed by atoms with Gasteiger partial charge >= 0.3 is 0 Å². The summed E-state index contributed by atoms with van der Waals surface area (Å²) in [5.74, 6) is -0.0283. The van der Waals surface area contributed by atoms with Crippen LogP contribution in [0.15, 0.2) is 36.1 Å². The van der Waals surface area contributed by atoms with Gasteiger partial charge in [-0.15, -0.1) is 0 Å². The summed E-state index contributed by atoms with van der Waals surface area (Å²) in [5.41, 5.74) is 4.50. The van der Waals surface area contributed by atoms with Gasteiger partial charge in [-0.1, -0.05) is 57.6 Å². The van der Waals surface area contributed by atoms with E-state index in [-0.39, 0.29) is 23.4 Å². The molecule has 1 aromatic heterocycles. The number of amides is 2. The largest absolute Gasteiger partial charge is 0.379 e. The Balaban J connectivity index is 1.47. The molecule has 3 fully saturated rings. The Bertz CT molecular complexity index is 1180. The summed E-state index contributed by atoms with van der Waals surface area (Å²) in [7, 11) is 0. The van der Waals surface area contributed by atoms with Crippen LogP contribution in [0.5, 0.6) is 0 Å². The van der Waals surface area contributed by atoms with E-state index in [1.807, 2.05) is 20.0 Å². The molecular weight excluding hydrogens is 526 g/mol. The molecule has 3 heterocycles. The van der Waals surface area contributed by atoms with Gasteiger partial charge in [0.1, 0.15) is 0 Å². The molecule has 0 aromatic carbocycles. The minimum absolute atomic E-state index is 0.0257. The maximum atomic E-state index is 14.1. The molecule has 0 radical (unpaired) electrons. The van der Waals surface area contributed by atoms with Gasteiger partial charge in [0.15, 0.2) is 0 Å². The van der Waals surface area contributed by atoms with E-state index in [1.54, 1.807) is 6.08 Å². The summed E-state index contributed by atoms with van der Waals surface area (Å²) in [6, 6.07) is 0.282. The van der Waals surface area contributed by atoms with E-state index in [2.05, 4.69) is 32.9 Å². The first-order valence-electron chi connectivity index (χ1n) is 16.4. The van der Waals surface area contributed by atoms with Crippen LogP contribution in [-0.2, 0) is 20.7 Å². The summed E-state index contributed by atoms with van der Waals surface area (Å²) < 4.78 is 7.85. The van der Waals surface area contributed by atoms with Gasteiger partial charge in [0.2, 0.25) is 5.91 Å². The normalized spacial score (nSPS) is 25.8. The fourth-order valence-electron chi connectivity index (χ4n) is 7.60. The number of allylic oxidation sites excluding steroid dienone is 2. The number of hydrogen-bond acceptors (Lipinski definition) is 5. The second-order valence-electron chi connectivity index (χ2n) is 13.0. The van der Waals surface area contributed by atoms with Gasteiger partial charge in [0, 0.05) is 42.4 Å². The highest BCUT2D eigenvalue weighted by Gasteiger charge is 2.38. The molecule has 5 rings (SSSR count). The van der Waals surface area contributed by atoms with Gasteiger partial charge in [0.05, 0.1) is 37.6 Å². The standard InChI is InChI=1S/C34H51N5O3/c1-4-25(2)30(33(41)35-24-34(14-10-5-6-11-15-34)38-16-18-42-19-17-38)21-27-20-26(3)37-31(40)22-28-23-36-39(32(27)28)29-12-8-7-9-13-29/h4,21,23,26,29H,1,5-20,22,24H2,2-3H3,(H,35,41)(H,37,40)/b27-21+,30-25+. The van der Waals surface area contributed by atoms with E-state index >= 15 is 0 Å². The second kappa shape index (κ2) is 14.2. The zero-order valence-electron chi connectivity index (χ0n) is 25.9. The van der Waals surface area contributed by atoms with Crippen molar-refractivity contribution in [2.45, 2.75) is 115 Å². The quantitative estimate of drug-likeness (QED) is 0.262. The Hall–Kier alpha value is -2.71. The lowest BCUT2D eigenvalue weighted by molar-refractivity contribution is -0.121. The third-order valence-electron chi connectivity index (χ3n) is 9.97. The van der Waals surface area contributed by atoms with E-state index in [0.717, 1.165) is 74.4 Å². The predicted octanol–water partition coefficient (Wildman–Crippen LogP) is 5.27. The number of aromatic nitrogens is 2. The van der Waals surface area contributed by atoms with Gasteiger partial charge in [-0.05, 0) is 63.2 Å². The van der Waals surface area contributed by atoms with Crippen LogP contribution in [0.2, 0.25) is 0 Å². The molecule has 1 unspecified atom stereocenters. The van der Waals surface area contributed by atoms with Crippen LogP contribution in [0.4, 0.5) is 0 Å². The van der Waals surface area contributed by atoms with Crippen molar-refractivity contribution in [1.82, 2.24) is 25.3 Å². The first-order valence-corrected chi connectivity index (χ1v) is 16.4. The molecule has 1 aromatic rings. The molecule has 230 valence electrons. The Morgan fingerprint density at radius 3 is 2.52 bits per heavy atom. The number of nitrogens with one attached hydrogen (secondary N) is 2. The van der Waals surface area contributed by atoms with E-state index in [0.29, 0.717) is 31.0 Å². The number of fused-ring (bicyclic) bond motifs is 1. The van der Waals surface area contributed by atoms with Gasteiger partial charge in [-0.3, -0.25) is 19.2 Å². The third kappa shape index (κ3) is 7.08. The maximum absolute atomic E-state index is 14.1. The highest BCUT2D eigenvalue weighted by molar-refractivity contribution is 5.99. The zero-order valence-corrected chi connectivity index (χ0v) is 25.9. The average Bonchev–Trinajstić information content (AvgIpc) is 3.25. The maximum Gasteiger partial charge on any atom is 0.251 e. The number of morpholine rings is 1. The molecule has 2 N–H and O–H groups in total. The average molecular weight is 578 g/mol. The van der Waals surface area contributed by atoms with Gasteiger partial charge in [0.25, 0.3) is 5.91 Å². The number of rotatable bonds is 7. The first kappa shape index (κ1) is 30.7.